The summed E-state index contributed by atoms with van der Waals surface area (Å²) in [5.41, 5.74) is 1.69. The molecule has 0 aliphatic heterocycles. The van der Waals surface area contributed by atoms with Crippen molar-refractivity contribution in [3.63, 3.8) is 0 Å². The predicted octanol–water partition coefficient (Wildman–Crippen LogP) is 3.57. The van der Waals surface area contributed by atoms with Gasteiger partial charge in [0.15, 0.2) is 5.11 Å². The van der Waals surface area contributed by atoms with Gasteiger partial charge in [-0.25, -0.2) is 0 Å². The summed E-state index contributed by atoms with van der Waals surface area (Å²) < 4.78 is 0. The van der Waals surface area contributed by atoms with Crippen LogP contribution in [0.5, 0.6) is 5.75 Å². The standard InChI is InChI=1S/C15H22N2OS/c1-10-7-8-13(14(18)9-10)17-15(19)16-12-6-4-3-5-11(12)2/h7-9,11-12,18H,3-6H2,1-2H3,(H2,16,17,19)/t11-,12-/m1/s1. The van der Waals surface area contributed by atoms with Crippen LogP contribution < -0.4 is 10.6 Å². The van der Waals surface area contributed by atoms with E-state index in [0.717, 1.165) is 5.56 Å². The van der Waals surface area contributed by atoms with E-state index in [9.17, 15) is 5.11 Å². The summed E-state index contributed by atoms with van der Waals surface area (Å²) in [6, 6.07) is 5.98. The molecular weight excluding hydrogens is 256 g/mol. The van der Waals surface area contributed by atoms with E-state index in [1.165, 1.54) is 25.7 Å². The summed E-state index contributed by atoms with van der Waals surface area (Å²) in [6.07, 6.45) is 5.01. The molecule has 104 valence electrons. The fourth-order valence-corrected chi connectivity index (χ4v) is 2.87. The number of anilines is 1. The Morgan fingerprint density at radius 3 is 2.74 bits per heavy atom. The summed E-state index contributed by atoms with van der Waals surface area (Å²) in [5.74, 6) is 0.890. The van der Waals surface area contributed by atoms with Gasteiger partial charge < -0.3 is 15.7 Å². The van der Waals surface area contributed by atoms with Crippen LogP contribution in [0.25, 0.3) is 0 Å². The molecule has 0 bridgehead atoms. The van der Waals surface area contributed by atoms with E-state index in [2.05, 4.69) is 17.6 Å². The molecule has 0 spiro atoms. The summed E-state index contributed by atoms with van der Waals surface area (Å²) >= 11 is 5.33. The van der Waals surface area contributed by atoms with Crippen LogP contribution in [0.1, 0.15) is 38.2 Å². The van der Waals surface area contributed by atoms with Gasteiger partial charge in [0, 0.05) is 6.04 Å². The van der Waals surface area contributed by atoms with Gasteiger partial charge in [0.05, 0.1) is 5.69 Å². The third kappa shape index (κ3) is 3.83. The number of aromatic hydroxyl groups is 1. The van der Waals surface area contributed by atoms with Gasteiger partial charge in [0.1, 0.15) is 5.75 Å². The topological polar surface area (TPSA) is 44.3 Å². The maximum Gasteiger partial charge on any atom is 0.171 e. The molecule has 0 saturated heterocycles. The molecule has 2 rings (SSSR count). The van der Waals surface area contributed by atoms with Gasteiger partial charge in [-0.2, -0.15) is 0 Å². The van der Waals surface area contributed by atoms with E-state index in [-0.39, 0.29) is 5.75 Å². The highest BCUT2D eigenvalue weighted by atomic mass is 32.1. The summed E-state index contributed by atoms with van der Waals surface area (Å²) in [5, 5.41) is 16.9. The Morgan fingerprint density at radius 1 is 1.32 bits per heavy atom. The van der Waals surface area contributed by atoms with Gasteiger partial charge >= 0.3 is 0 Å². The highest BCUT2D eigenvalue weighted by Gasteiger charge is 2.21. The lowest BCUT2D eigenvalue weighted by Gasteiger charge is -2.30. The molecule has 3 nitrogen and oxygen atoms in total. The smallest absolute Gasteiger partial charge is 0.171 e. The number of phenolic OH excluding ortho intramolecular Hbond substituents is 1. The van der Waals surface area contributed by atoms with Crippen molar-refractivity contribution in [2.24, 2.45) is 5.92 Å². The fourth-order valence-electron chi connectivity index (χ4n) is 2.60. The molecular formula is C15H22N2OS. The average molecular weight is 278 g/mol. The van der Waals surface area contributed by atoms with Crippen LogP contribution in [0, 0.1) is 12.8 Å². The number of benzene rings is 1. The minimum Gasteiger partial charge on any atom is -0.506 e. The fraction of sp³-hybridized carbons (Fsp3) is 0.533. The van der Waals surface area contributed by atoms with Crippen LogP contribution in [0.4, 0.5) is 5.69 Å². The molecule has 3 N–H and O–H groups in total. The summed E-state index contributed by atoms with van der Waals surface area (Å²) in [7, 11) is 0. The SMILES string of the molecule is Cc1ccc(NC(=S)N[C@@H]2CCCC[C@H]2C)c(O)c1. The lowest BCUT2D eigenvalue weighted by atomic mass is 9.86. The minimum absolute atomic E-state index is 0.237. The number of rotatable bonds is 2. The van der Waals surface area contributed by atoms with Crippen molar-refractivity contribution < 1.29 is 5.11 Å². The van der Waals surface area contributed by atoms with E-state index in [1.54, 1.807) is 6.07 Å². The molecule has 1 aromatic carbocycles. The molecule has 0 aromatic heterocycles. The number of hydrogen-bond donors (Lipinski definition) is 3. The van der Waals surface area contributed by atoms with E-state index in [1.807, 2.05) is 19.1 Å². The van der Waals surface area contributed by atoms with Crippen LogP contribution in [0.3, 0.4) is 0 Å². The van der Waals surface area contributed by atoms with Crippen molar-refractivity contribution in [3.8, 4) is 5.75 Å². The normalized spacial score (nSPS) is 22.8. The summed E-state index contributed by atoms with van der Waals surface area (Å²) in [4.78, 5) is 0. The highest BCUT2D eigenvalue weighted by Crippen LogP contribution is 2.25. The zero-order valence-electron chi connectivity index (χ0n) is 11.6. The monoisotopic (exact) mass is 278 g/mol. The van der Waals surface area contributed by atoms with Gasteiger partial charge in [0.25, 0.3) is 0 Å². The van der Waals surface area contributed by atoms with Crippen LogP contribution >= 0.6 is 12.2 Å². The quantitative estimate of drug-likeness (QED) is 0.571. The number of hydrogen-bond acceptors (Lipinski definition) is 2. The van der Waals surface area contributed by atoms with Crippen molar-refractivity contribution in [1.29, 1.82) is 0 Å². The Morgan fingerprint density at radius 2 is 2.05 bits per heavy atom. The molecule has 19 heavy (non-hydrogen) atoms. The first-order valence-electron chi connectivity index (χ1n) is 6.93. The average Bonchev–Trinajstić information content (AvgIpc) is 2.36. The zero-order chi connectivity index (χ0) is 13.8. The summed E-state index contributed by atoms with van der Waals surface area (Å²) in [6.45, 7) is 4.21. The minimum atomic E-state index is 0.237. The first-order chi connectivity index (χ1) is 9.06. The number of phenols is 1. The Kier molecular flexibility index (Phi) is 4.64. The molecule has 0 heterocycles. The lowest BCUT2D eigenvalue weighted by Crippen LogP contribution is -2.43. The molecule has 1 saturated carbocycles. The number of thiocarbonyl (C=S) groups is 1. The maximum absolute atomic E-state index is 9.85. The van der Waals surface area contributed by atoms with Crippen molar-refractivity contribution in [2.75, 3.05) is 5.32 Å². The second-order valence-electron chi connectivity index (χ2n) is 5.49. The van der Waals surface area contributed by atoms with E-state index < -0.39 is 0 Å². The Bertz CT molecular complexity index is 461. The van der Waals surface area contributed by atoms with Gasteiger partial charge in [0.2, 0.25) is 0 Å². The Labute approximate surface area is 120 Å². The molecule has 0 unspecified atom stereocenters. The van der Waals surface area contributed by atoms with Crippen molar-refractivity contribution in [1.82, 2.24) is 5.32 Å². The van der Waals surface area contributed by atoms with E-state index in [0.29, 0.717) is 22.8 Å². The van der Waals surface area contributed by atoms with Crippen LogP contribution in [0.15, 0.2) is 18.2 Å². The largest absolute Gasteiger partial charge is 0.506 e. The third-order valence-electron chi connectivity index (χ3n) is 3.83. The van der Waals surface area contributed by atoms with Crippen molar-refractivity contribution in [2.45, 2.75) is 45.6 Å². The van der Waals surface area contributed by atoms with Crippen molar-refractivity contribution in [3.05, 3.63) is 23.8 Å². The molecule has 0 amide bonds. The first-order valence-corrected chi connectivity index (χ1v) is 7.34. The Hall–Kier alpha value is -1.29. The first kappa shape index (κ1) is 14.1. The second kappa shape index (κ2) is 6.24. The second-order valence-corrected chi connectivity index (χ2v) is 5.90. The molecule has 4 heteroatoms. The highest BCUT2D eigenvalue weighted by molar-refractivity contribution is 7.80. The third-order valence-corrected chi connectivity index (χ3v) is 4.05. The van der Waals surface area contributed by atoms with E-state index >= 15 is 0 Å². The van der Waals surface area contributed by atoms with Gasteiger partial charge in [-0.15, -0.1) is 0 Å². The maximum atomic E-state index is 9.85. The molecule has 1 aliphatic carbocycles. The van der Waals surface area contributed by atoms with Gasteiger partial charge in [-0.3, -0.25) is 0 Å². The van der Waals surface area contributed by atoms with Crippen LogP contribution in [-0.4, -0.2) is 16.3 Å². The molecule has 1 aromatic rings. The lowest BCUT2D eigenvalue weighted by molar-refractivity contribution is 0.309. The number of aryl methyl sites for hydroxylation is 1. The molecule has 1 fully saturated rings. The predicted molar refractivity (Wildman–Crippen MR) is 83.6 cm³/mol. The number of nitrogens with one attached hydrogen (secondary N) is 2. The zero-order valence-corrected chi connectivity index (χ0v) is 12.4. The molecule has 0 radical (unpaired) electrons. The molecule has 1 aliphatic rings. The van der Waals surface area contributed by atoms with Gasteiger partial charge in [-0.1, -0.05) is 25.8 Å². The van der Waals surface area contributed by atoms with E-state index in [4.69, 9.17) is 12.2 Å². The molecule has 2 atom stereocenters. The Balaban J connectivity index is 1.93. The van der Waals surface area contributed by atoms with Crippen LogP contribution in [0.2, 0.25) is 0 Å². The van der Waals surface area contributed by atoms with Crippen molar-refractivity contribution >= 4 is 23.0 Å². The van der Waals surface area contributed by atoms with Crippen LogP contribution in [-0.2, 0) is 0 Å². The van der Waals surface area contributed by atoms with Gasteiger partial charge in [-0.05, 0) is 55.6 Å².